The van der Waals surface area contributed by atoms with Crippen molar-refractivity contribution < 1.29 is 4.79 Å². The van der Waals surface area contributed by atoms with Crippen molar-refractivity contribution in [2.45, 2.75) is 51.5 Å². The van der Waals surface area contributed by atoms with E-state index in [1.54, 1.807) is 0 Å². The molecule has 3 heteroatoms. The third-order valence-corrected chi connectivity index (χ3v) is 5.60. The Morgan fingerprint density at radius 1 is 1.04 bits per heavy atom. The van der Waals surface area contributed by atoms with Crippen LogP contribution in [0.25, 0.3) is 0 Å². The van der Waals surface area contributed by atoms with Crippen molar-refractivity contribution >= 4 is 5.91 Å². The standard InChI is InChI=1S/C20H30N2O/c1-2-21-13-7-6-10-19(21)20(23)22-14-11-18(12-15-22)16-17-8-4-3-5-9-17/h3-5,8-9,18-19H,2,6-7,10-16H2,1H3/t19-/m0/s1. The van der Waals surface area contributed by atoms with Crippen LogP contribution in [0.1, 0.15) is 44.6 Å². The Kier molecular flexibility index (Phi) is 5.71. The molecule has 1 amide bonds. The minimum absolute atomic E-state index is 0.152. The van der Waals surface area contributed by atoms with Gasteiger partial charge in [-0.2, -0.15) is 0 Å². The van der Waals surface area contributed by atoms with Crippen molar-refractivity contribution in [1.82, 2.24) is 9.80 Å². The van der Waals surface area contributed by atoms with E-state index in [-0.39, 0.29) is 6.04 Å². The zero-order valence-electron chi connectivity index (χ0n) is 14.4. The second kappa shape index (κ2) is 7.96. The molecule has 2 aliphatic rings. The molecule has 0 unspecified atom stereocenters. The fourth-order valence-electron chi connectivity index (χ4n) is 4.16. The zero-order valence-corrected chi connectivity index (χ0v) is 14.4. The first-order chi connectivity index (χ1) is 11.3. The highest BCUT2D eigenvalue weighted by Gasteiger charge is 2.32. The number of likely N-dealkylation sites (N-methyl/N-ethyl adjacent to an activating group) is 1. The summed E-state index contributed by atoms with van der Waals surface area (Å²) in [7, 11) is 0. The van der Waals surface area contributed by atoms with Gasteiger partial charge in [0, 0.05) is 13.1 Å². The lowest BCUT2D eigenvalue weighted by atomic mass is 9.89. The van der Waals surface area contributed by atoms with E-state index in [9.17, 15) is 4.79 Å². The van der Waals surface area contributed by atoms with E-state index in [0.717, 1.165) is 57.8 Å². The van der Waals surface area contributed by atoms with Crippen LogP contribution >= 0.6 is 0 Å². The third-order valence-electron chi connectivity index (χ3n) is 5.60. The van der Waals surface area contributed by atoms with Gasteiger partial charge in [-0.05, 0) is 56.7 Å². The number of piperidine rings is 2. The molecule has 2 fully saturated rings. The molecule has 1 aromatic rings. The summed E-state index contributed by atoms with van der Waals surface area (Å²) in [5.74, 6) is 1.12. The second-order valence-electron chi connectivity index (χ2n) is 7.10. The molecule has 0 radical (unpaired) electrons. The summed E-state index contributed by atoms with van der Waals surface area (Å²) in [4.78, 5) is 17.4. The lowest BCUT2D eigenvalue weighted by molar-refractivity contribution is -0.139. The molecule has 3 nitrogen and oxygen atoms in total. The van der Waals surface area contributed by atoms with Crippen LogP contribution in [-0.4, -0.2) is 47.9 Å². The summed E-state index contributed by atoms with van der Waals surface area (Å²) in [6.45, 7) is 6.17. The van der Waals surface area contributed by atoms with Gasteiger partial charge >= 0.3 is 0 Å². The molecule has 0 aromatic heterocycles. The Morgan fingerprint density at radius 3 is 2.48 bits per heavy atom. The van der Waals surface area contributed by atoms with Crippen LogP contribution in [0.5, 0.6) is 0 Å². The second-order valence-corrected chi connectivity index (χ2v) is 7.10. The first kappa shape index (κ1) is 16.5. The van der Waals surface area contributed by atoms with Gasteiger partial charge in [-0.3, -0.25) is 9.69 Å². The number of carbonyl (C=O) groups is 1. The fourth-order valence-corrected chi connectivity index (χ4v) is 4.16. The molecule has 1 atom stereocenters. The van der Waals surface area contributed by atoms with Gasteiger partial charge in [0.2, 0.25) is 5.91 Å². The number of hydrogen-bond acceptors (Lipinski definition) is 2. The predicted molar refractivity (Wildman–Crippen MR) is 94.3 cm³/mol. The summed E-state index contributed by atoms with van der Waals surface area (Å²) >= 11 is 0. The van der Waals surface area contributed by atoms with Crippen molar-refractivity contribution in [3.63, 3.8) is 0 Å². The van der Waals surface area contributed by atoms with Crippen molar-refractivity contribution in [2.75, 3.05) is 26.2 Å². The van der Waals surface area contributed by atoms with E-state index in [0.29, 0.717) is 5.91 Å². The molecule has 2 heterocycles. The largest absolute Gasteiger partial charge is 0.341 e. The molecule has 1 aromatic carbocycles. The maximum absolute atomic E-state index is 12.9. The maximum atomic E-state index is 12.9. The van der Waals surface area contributed by atoms with Gasteiger partial charge in [0.25, 0.3) is 0 Å². The molecular weight excluding hydrogens is 284 g/mol. The number of carbonyl (C=O) groups excluding carboxylic acids is 1. The number of rotatable bonds is 4. The monoisotopic (exact) mass is 314 g/mol. The smallest absolute Gasteiger partial charge is 0.239 e. The first-order valence-corrected chi connectivity index (χ1v) is 9.34. The highest BCUT2D eigenvalue weighted by molar-refractivity contribution is 5.82. The topological polar surface area (TPSA) is 23.6 Å². The first-order valence-electron chi connectivity index (χ1n) is 9.34. The van der Waals surface area contributed by atoms with Crippen LogP contribution in [0.4, 0.5) is 0 Å². The summed E-state index contributed by atoms with van der Waals surface area (Å²) in [5.41, 5.74) is 1.43. The quantitative estimate of drug-likeness (QED) is 0.851. The predicted octanol–water partition coefficient (Wildman–Crippen LogP) is 3.34. The summed E-state index contributed by atoms with van der Waals surface area (Å²) in [6.07, 6.45) is 6.97. The molecule has 126 valence electrons. The van der Waals surface area contributed by atoms with Crippen LogP contribution in [0.15, 0.2) is 30.3 Å². The number of benzene rings is 1. The van der Waals surface area contributed by atoms with E-state index in [2.05, 4.69) is 47.1 Å². The van der Waals surface area contributed by atoms with Gasteiger partial charge in [-0.15, -0.1) is 0 Å². The molecule has 3 rings (SSSR count). The molecule has 0 N–H and O–H groups in total. The molecule has 0 bridgehead atoms. The lowest BCUT2D eigenvalue weighted by Crippen LogP contribution is -2.52. The van der Waals surface area contributed by atoms with Crippen LogP contribution in [0, 0.1) is 5.92 Å². The highest BCUT2D eigenvalue weighted by Crippen LogP contribution is 2.24. The normalized spacial score (nSPS) is 23.9. The number of nitrogens with zero attached hydrogens (tertiary/aromatic N) is 2. The molecule has 2 saturated heterocycles. The van der Waals surface area contributed by atoms with E-state index in [1.165, 1.54) is 18.4 Å². The molecule has 0 spiro atoms. The van der Waals surface area contributed by atoms with Gasteiger partial charge < -0.3 is 4.90 Å². The van der Waals surface area contributed by atoms with E-state index in [4.69, 9.17) is 0 Å². The lowest BCUT2D eigenvalue weighted by Gasteiger charge is -2.39. The van der Waals surface area contributed by atoms with Crippen LogP contribution in [0.2, 0.25) is 0 Å². The average molecular weight is 314 g/mol. The van der Waals surface area contributed by atoms with E-state index in [1.807, 2.05) is 0 Å². The summed E-state index contributed by atoms with van der Waals surface area (Å²) < 4.78 is 0. The molecule has 2 aliphatic heterocycles. The van der Waals surface area contributed by atoms with Crippen molar-refractivity contribution in [3.8, 4) is 0 Å². The average Bonchev–Trinajstić information content (AvgIpc) is 2.62. The highest BCUT2D eigenvalue weighted by atomic mass is 16.2. The molecule has 0 saturated carbocycles. The van der Waals surface area contributed by atoms with Gasteiger partial charge in [-0.1, -0.05) is 43.7 Å². The fraction of sp³-hybridized carbons (Fsp3) is 0.650. The van der Waals surface area contributed by atoms with Gasteiger partial charge in [0.05, 0.1) is 6.04 Å². The zero-order chi connectivity index (χ0) is 16.1. The summed E-state index contributed by atoms with van der Waals surface area (Å²) in [6, 6.07) is 10.9. The molecule has 0 aliphatic carbocycles. The maximum Gasteiger partial charge on any atom is 0.239 e. The summed E-state index contributed by atoms with van der Waals surface area (Å²) in [5, 5.41) is 0. The number of hydrogen-bond donors (Lipinski definition) is 0. The van der Waals surface area contributed by atoms with Crippen molar-refractivity contribution in [1.29, 1.82) is 0 Å². The third kappa shape index (κ3) is 4.14. The van der Waals surface area contributed by atoms with E-state index >= 15 is 0 Å². The Labute approximate surface area is 140 Å². The van der Waals surface area contributed by atoms with Crippen LogP contribution in [0.3, 0.4) is 0 Å². The Morgan fingerprint density at radius 2 is 1.78 bits per heavy atom. The number of likely N-dealkylation sites (tertiary alicyclic amines) is 2. The van der Waals surface area contributed by atoms with Crippen molar-refractivity contribution in [2.24, 2.45) is 5.92 Å². The molecule has 23 heavy (non-hydrogen) atoms. The van der Waals surface area contributed by atoms with E-state index < -0.39 is 0 Å². The van der Waals surface area contributed by atoms with Gasteiger partial charge in [0.15, 0.2) is 0 Å². The van der Waals surface area contributed by atoms with Gasteiger partial charge in [-0.25, -0.2) is 0 Å². The Hall–Kier alpha value is -1.35. The Bertz CT molecular complexity index is 494. The van der Waals surface area contributed by atoms with Crippen LogP contribution < -0.4 is 0 Å². The SMILES string of the molecule is CCN1CCCC[C@H]1C(=O)N1CCC(Cc2ccccc2)CC1. The Balaban J connectivity index is 1.51. The van der Waals surface area contributed by atoms with Gasteiger partial charge in [0.1, 0.15) is 0 Å². The minimum atomic E-state index is 0.152. The van der Waals surface area contributed by atoms with Crippen LogP contribution in [-0.2, 0) is 11.2 Å². The number of amides is 1. The molecular formula is C20H30N2O. The van der Waals surface area contributed by atoms with Crippen molar-refractivity contribution in [3.05, 3.63) is 35.9 Å². The minimum Gasteiger partial charge on any atom is -0.341 e.